The maximum absolute atomic E-state index is 12.2. The van der Waals surface area contributed by atoms with Crippen molar-refractivity contribution in [3.05, 3.63) is 11.1 Å². The third kappa shape index (κ3) is 2.03. The fourth-order valence-corrected chi connectivity index (χ4v) is 4.32. The van der Waals surface area contributed by atoms with Crippen LogP contribution in [0.3, 0.4) is 0 Å². The molecule has 19 heavy (non-hydrogen) atoms. The average Bonchev–Trinajstić information content (AvgIpc) is 2.32. The Hall–Kier alpha value is -1.12. The molecular weight excluding hydrogens is 240 g/mol. The molecule has 2 unspecified atom stereocenters. The van der Waals surface area contributed by atoms with Crippen molar-refractivity contribution in [3.8, 4) is 0 Å². The van der Waals surface area contributed by atoms with Crippen molar-refractivity contribution < 1.29 is 14.3 Å². The van der Waals surface area contributed by atoms with Crippen LogP contribution in [0.2, 0.25) is 0 Å². The third-order valence-electron chi connectivity index (χ3n) is 5.37. The van der Waals surface area contributed by atoms with Gasteiger partial charge in [-0.25, -0.2) is 4.79 Å². The number of methoxy groups -OCH3 is 1. The molecule has 1 fully saturated rings. The number of hydrogen-bond donors (Lipinski definition) is 0. The average molecular weight is 264 g/mol. The van der Waals surface area contributed by atoms with Gasteiger partial charge in [-0.3, -0.25) is 4.79 Å². The second-order valence-corrected chi connectivity index (χ2v) is 6.93. The minimum Gasteiger partial charge on any atom is -0.466 e. The first-order valence-electron chi connectivity index (χ1n) is 7.07. The van der Waals surface area contributed by atoms with E-state index in [-0.39, 0.29) is 28.5 Å². The van der Waals surface area contributed by atoms with E-state index >= 15 is 0 Å². The van der Waals surface area contributed by atoms with Gasteiger partial charge in [0.2, 0.25) is 0 Å². The highest BCUT2D eigenvalue weighted by molar-refractivity contribution is 6.05. The molecule has 106 valence electrons. The second kappa shape index (κ2) is 4.46. The quantitative estimate of drug-likeness (QED) is 0.683. The predicted molar refractivity (Wildman–Crippen MR) is 73.6 cm³/mol. The maximum Gasteiger partial charge on any atom is 0.334 e. The minimum absolute atomic E-state index is 0.0998. The largest absolute Gasteiger partial charge is 0.466 e. The molecule has 3 heteroatoms. The molecule has 1 saturated carbocycles. The van der Waals surface area contributed by atoms with Gasteiger partial charge < -0.3 is 4.74 Å². The highest BCUT2D eigenvalue weighted by Crippen LogP contribution is 2.58. The van der Waals surface area contributed by atoms with E-state index in [0.717, 1.165) is 19.3 Å². The van der Waals surface area contributed by atoms with Crippen LogP contribution in [-0.4, -0.2) is 18.9 Å². The third-order valence-corrected chi connectivity index (χ3v) is 5.37. The van der Waals surface area contributed by atoms with E-state index in [1.54, 1.807) is 6.92 Å². The van der Waals surface area contributed by atoms with Crippen LogP contribution in [0.15, 0.2) is 11.1 Å². The number of carbonyl (C=O) groups excluding carboxylic acids is 2. The van der Waals surface area contributed by atoms with Gasteiger partial charge in [0.05, 0.1) is 7.11 Å². The van der Waals surface area contributed by atoms with Gasteiger partial charge >= 0.3 is 5.97 Å². The lowest BCUT2D eigenvalue weighted by Gasteiger charge is -2.53. The molecule has 0 heterocycles. The summed E-state index contributed by atoms with van der Waals surface area (Å²) in [7, 11) is 1.40. The molecule has 0 spiro atoms. The van der Waals surface area contributed by atoms with Gasteiger partial charge in [-0.1, -0.05) is 27.2 Å². The van der Waals surface area contributed by atoms with Crippen LogP contribution < -0.4 is 0 Å². The molecule has 2 rings (SSSR count). The number of hydrogen-bond acceptors (Lipinski definition) is 3. The van der Waals surface area contributed by atoms with Gasteiger partial charge in [0.15, 0.2) is 5.78 Å². The zero-order chi connectivity index (χ0) is 14.4. The zero-order valence-corrected chi connectivity index (χ0v) is 12.6. The zero-order valence-electron chi connectivity index (χ0n) is 12.6. The van der Waals surface area contributed by atoms with Crippen LogP contribution in [0, 0.1) is 16.7 Å². The van der Waals surface area contributed by atoms with Crippen LogP contribution >= 0.6 is 0 Å². The van der Waals surface area contributed by atoms with Crippen molar-refractivity contribution in [2.45, 2.75) is 53.4 Å². The highest BCUT2D eigenvalue weighted by Gasteiger charge is 2.54. The van der Waals surface area contributed by atoms with Crippen LogP contribution in [0.5, 0.6) is 0 Å². The first kappa shape index (κ1) is 14.3. The summed E-state index contributed by atoms with van der Waals surface area (Å²) in [6, 6.07) is 0. The van der Waals surface area contributed by atoms with E-state index in [1.807, 2.05) is 0 Å². The van der Waals surface area contributed by atoms with Gasteiger partial charge in [0.25, 0.3) is 0 Å². The summed E-state index contributed by atoms with van der Waals surface area (Å²) in [5, 5.41) is 0. The lowest BCUT2D eigenvalue weighted by molar-refractivity contribution is -0.141. The fourth-order valence-electron chi connectivity index (χ4n) is 4.32. The van der Waals surface area contributed by atoms with Crippen molar-refractivity contribution in [1.29, 1.82) is 0 Å². The highest BCUT2D eigenvalue weighted by atomic mass is 16.5. The van der Waals surface area contributed by atoms with Crippen molar-refractivity contribution in [2.24, 2.45) is 16.7 Å². The summed E-state index contributed by atoms with van der Waals surface area (Å²) in [4.78, 5) is 24.4. The van der Waals surface area contributed by atoms with Crippen LogP contribution in [0.25, 0.3) is 0 Å². The van der Waals surface area contributed by atoms with Gasteiger partial charge in [-0.2, -0.15) is 0 Å². The Kier molecular flexibility index (Phi) is 3.36. The Morgan fingerprint density at radius 3 is 2.47 bits per heavy atom. The molecule has 0 bridgehead atoms. The first-order chi connectivity index (χ1) is 8.74. The molecular formula is C16H24O3. The standard InChI is InChI=1S/C16H24O3/c1-10-11(17)9-12-15(2,3)7-6-8-16(12,4)13(10)14(18)19-5/h12H,6-9H2,1-5H3. The number of ether oxygens (including phenoxy) is 1. The Balaban J connectivity index is 2.58. The molecule has 0 aromatic carbocycles. The molecule has 0 aliphatic heterocycles. The van der Waals surface area contributed by atoms with Crippen molar-refractivity contribution in [2.75, 3.05) is 7.11 Å². The Labute approximate surface area is 115 Å². The molecule has 0 radical (unpaired) electrons. The fraction of sp³-hybridized carbons (Fsp3) is 0.750. The Morgan fingerprint density at radius 1 is 1.26 bits per heavy atom. The van der Waals surface area contributed by atoms with Gasteiger partial charge in [0, 0.05) is 23.0 Å². The normalized spacial score (nSPS) is 33.9. The summed E-state index contributed by atoms with van der Waals surface area (Å²) in [5.41, 5.74) is 1.13. The lowest BCUT2D eigenvalue weighted by atomic mass is 9.50. The molecule has 0 aromatic rings. The molecule has 2 atom stereocenters. The number of allylic oxidation sites excluding steroid dienone is 1. The topological polar surface area (TPSA) is 43.4 Å². The van der Waals surface area contributed by atoms with Gasteiger partial charge in [0.1, 0.15) is 0 Å². The van der Waals surface area contributed by atoms with Crippen molar-refractivity contribution in [1.82, 2.24) is 0 Å². The summed E-state index contributed by atoms with van der Waals surface area (Å²) in [6.45, 7) is 8.36. The SMILES string of the molecule is COC(=O)C1=C(C)C(=O)CC2C(C)(C)CCCC12C. The van der Waals surface area contributed by atoms with Crippen LogP contribution in [0.4, 0.5) is 0 Å². The molecule has 0 aromatic heterocycles. The Morgan fingerprint density at radius 2 is 1.89 bits per heavy atom. The number of ketones is 1. The van der Waals surface area contributed by atoms with E-state index in [4.69, 9.17) is 4.74 Å². The van der Waals surface area contributed by atoms with E-state index in [2.05, 4.69) is 20.8 Å². The number of esters is 1. The Bertz CT molecular complexity index is 459. The maximum atomic E-state index is 12.2. The molecule has 0 N–H and O–H groups in total. The van der Waals surface area contributed by atoms with E-state index < -0.39 is 0 Å². The molecule has 0 amide bonds. The second-order valence-electron chi connectivity index (χ2n) is 6.93. The first-order valence-corrected chi connectivity index (χ1v) is 7.07. The van der Waals surface area contributed by atoms with E-state index in [0.29, 0.717) is 17.6 Å². The molecule has 2 aliphatic carbocycles. The van der Waals surface area contributed by atoms with Gasteiger partial charge in [-0.05, 0) is 31.1 Å². The molecule has 2 aliphatic rings. The number of carbonyl (C=O) groups is 2. The number of rotatable bonds is 1. The van der Waals surface area contributed by atoms with E-state index in [9.17, 15) is 9.59 Å². The minimum atomic E-state index is -0.323. The smallest absolute Gasteiger partial charge is 0.334 e. The monoisotopic (exact) mass is 264 g/mol. The predicted octanol–water partition coefficient (Wildman–Crippen LogP) is 3.28. The lowest BCUT2D eigenvalue weighted by Crippen LogP contribution is -2.49. The summed E-state index contributed by atoms with van der Waals surface area (Å²) in [6.07, 6.45) is 3.75. The number of fused-ring (bicyclic) bond motifs is 1. The van der Waals surface area contributed by atoms with E-state index in [1.165, 1.54) is 7.11 Å². The van der Waals surface area contributed by atoms with Crippen LogP contribution in [-0.2, 0) is 14.3 Å². The number of Topliss-reactive ketones (excluding diaryl/α,β-unsaturated/α-hetero) is 1. The van der Waals surface area contributed by atoms with Crippen molar-refractivity contribution in [3.63, 3.8) is 0 Å². The molecule has 3 nitrogen and oxygen atoms in total. The van der Waals surface area contributed by atoms with Crippen molar-refractivity contribution >= 4 is 11.8 Å². The summed E-state index contributed by atoms with van der Waals surface area (Å²) in [5.74, 6) is 0.0210. The summed E-state index contributed by atoms with van der Waals surface area (Å²) >= 11 is 0. The van der Waals surface area contributed by atoms with Crippen LogP contribution in [0.1, 0.15) is 53.4 Å². The molecule has 0 saturated heterocycles. The summed E-state index contributed by atoms with van der Waals surface area (Å²) < 4.78 is 4.94. The van der Waals surface area contributed by atoms with Gasteiger partial charge in [-0.15, -0.1) is 0 Å².